The SMILES string of the molecule is COC(=O)C(=Cc1ccccc1OC[Si](C)(C)C)C(=O)OC. The van der Waals surface area contributed by atoms with Crippen LogP contribution >= 0.6 is 0 Å². The lowest BCUT2D eigenvalue weighted by molar-refractivity contribution is -0.143. The van der Waals surface area contributed by atoms with E-state index in [0.717, 1.165) is 0 Å². The van der Waals surface area contributed by atoms with E-state index in [0.29, 0.717) is 17.5 Å². The van der Waals surface area contributed by atoms with Crippen LogP contribution in [-0.2, 0) is 19.1 Å². The number of para-hydroxylation sites is 1. The molecule has 22 heavy (non-hydrogen) atoms. The summed E-state index contributed by atoms with van der Waals surface area (Å²) >= 11 is 0. The average Bonchev–Trinajstić information content (AvgIpc) is 2.49. The smallest absolute Gasteiger partial charge is 0.345 e. The zero-order valence-corrected chi connectivity index (χ0v) is 14.6. The van der Waals surface area contributed by atoms with Crippen molar-refractivity contribution in [1.29, 1.82) is 0 Å². The third kappa shape index (κ3) is 5.36. The molecule has 0 fully saturated rings. The Hall–Kier alpha value is -2.08. The quantitative estimate of drug-likeness (QED) is 0.265. The van der Waals surface area contributed by atoms with Crippen LogP contribution in [0.15, 0.2) is 29.8 Å². The fraction of sp³-hybridized carbons (Fsp3) is 0.375. The van der Waals surface area contributed by atoms with Crippen LogP contribution in [0.1, 0.15) is 5.56 Å². The monoisotopic (exact) mass is 322 g/mol. The lowest BCUT2D eigenvalue weighted by Crippen LogP contribution is -2.30. The van der Waals surface area contributed by atoms with Gasteiger partial charge in [-0.3, -0.25) is 0 Å². The van der Waals surface area contributed by atoms with Gasteiger partial charge in [0.2, 0.25) is 0 Å². The van der Waals surface area contributed by atoms with Crippen LogP contribution in [0, 0.1) is 0 Å². The fourth-order valence-corrected chi connectivity index (χ4v) is 2.19. The Morgan fingerprint density at radius 2 is 1.59 bits per heavy atom. The topological polar surface area (TPSA) is 61.8 Å². The second kappa shape index (κ2) is 7.79. The highest BCUT2D eigenvalue weighted by Crippen LogP contribution is 2.22. The Bertz CT molecular complexity index is 554. The van der Waals surface area contributed by atoms with Gasteiger partial charge in [0.15, 0.2) is 0 Å². The minimum absolute atomic E-state index is 0.172. The molecule has 0 heterocycles. The van der Waals surface area contributed by atoms with E-state index in [-0.39, 0.29) is 5.57 Å². The molecule has 1 rings (SSSR count). The summed E-state index contributed by atoms with van der Waals surface area (Å²) in [6.07, 6.45) is 2.07. The molecule has 0 amide bonds. The van der Waals surface area contributed by atoms with Crippen molar-refractivity contribution in [2.75, 3.05) is 20.4 Å². The molecule has 0 spiro atoms. The summed E-state index contributed by atoms with van der Waals surface area (Å²) in [4.78, 5) is 23.4. The molecular weight excluding hydrogens is 300 g/mol. The van der Waals surface area contributed by atoms with Gasteiger partial charge in [0.1, 0.15) is 11.3 Å². The normalized spacial score (nSPS) is 10.6. The molecule has 5 nitrogen and oxygen atoms in total. The second-order valence-electron chi connectivity index (χ2n) is 5.93. The highest BCUT2D eigenvalue weighted by Gasteiger charge is 2.21. The van der Waals surface area contributed by atoms with Gasteiger partial charge < -0.3 is 14.2 Å². The van der Waals surface area contributed by atoms with Crippen molar-refractivity contribution in [2.24, 2.45) is 0 Å². The zero-order chi connectivity index (χ0) is 16.8. The van der Waals surface area contributed by atoms with E-state index in [1.54, 1.807) is 18.2 Å². The molecule has 0 saturated heterocycles. The van der Waals surface area contributed by atoms with Crippen LogP contribution in [0.25, 0.3) is 6.08 Å². The Morgan fingerprint density at radius 1 is 1.05 bits per heavy atom. The molecule has 6 heteroatoms. The lowest BCUT2D eigenvalue weighted by atomic mass is 10.1. The summed E-state index contributed by atoms with van der Waals surface area (Å²) in [6, 6.07) is 7.22. The molecule has 0 saturated carbocycles. The molecule has 0 N–H and O–H groups in total. The maximum Gasteiger partial charge on any atom is 0.345 e. The average molecular weight is 322 g/mol. The number of ether oxygens (including phenoxy) is 3. The summed E-state index contributed by atoms with van der Waals surface area (Å²) in [5, 5.41) is 0. The second-order valence-corrected chi connectivity index (χ2v) is 11.3. The molecule has 0 aromatic heterocycles. The molecule has 120 valence electrons. The van der Waals surface area contributed by atoms with E-state index in [1.807, 2.05) is 6.07 Å². The molecule has 0 bridgehead atoms. The maximum absolute atomic E-state index is 11.7. The van der Waals surface area contributed by atoms with Gasteiger partial charge in [-0.05, 0) is 12.1 Å². The van der Waals surface area contributed by atoms with Crippen LogP contribution in [0.4, 0.5) is 0 Å². The summed E-state index contributed by atoms with van der Waals surface area (Å²) in [6.45, 7) is 6.58. The number of carbonyl (C=O) groups excluding carboxylic acids is 2. The number of methoxy groups -OCH3 is 2. The van der Waals surface area contributed by atoms with Crippen LogP contribution in [-0.4, -0.2) is 40.5 Å². The lowest BCUT2D eigenvalue weighted by Gasteiger charge is -2.18. The van der Waals surface area contributed by atoms with Crippen LogP contribution in [0.2, 0.25) is 19.6 Å². The van der Waals surface area contributed by atoms with Gasteiger partial charge in [-0.2, -0.15) is 0 Å². The van der Waals surface area contributed by atoms with Gasteiger partial charge in [-0.25, -0.2) is 9.59 Å². The first-order valence-electron chi connectivity index (χ1n) is 6.88. The first kappa shape index (κ1) is 18.0. The predicted molar refractivity (Wildman–Crippen MR) is 87.3 cm³/mol. The molecule has 0 atom stereocenters. The van der Waals surface area contributed by atoms with Crippen molar-refractivity contribution in [3.63, 3.8) is 0 Å². The Labute approximate surface area is 131 Å². The number of esters is 2. The van der Waals surface area contributed by atoms with Crippen molar-refractivity contribution in [3.05, 3.63) is 35.4 Å². The van der Waals surface area contributed by atoms with Gasteiger partial charge in [-0.1, -0.05) is 37.8 Å². The van der Waals surface area contributed by atoms with E-state index in [9.17, 15) is 9.59 Å². The molecular formula is C16H22O5Si. The van der Waals surface area contributed by atoms with Gasteiger partial charge in [0, 0.05) is 5.56 Å². The number of hydrogen-bond donors (Lipinski definition) is 0. The highest BCUT2D eigenvalue weighted by atomic mass is 28.3. The van der Waals surface area contributed by atoms with E-state index in [4.69, 9.17) is 4.74 Å². The molecule has 0 aliphatic heterocycles. The van der Waals surface area contributed by atoms with E-state index in [2.05, 4.69) is 29.1 Å². The zero-order valence-electron chi connectivity index (χ0n) is 13.6. The standard InChI is InChI=1S/C16H22O5Si/c1-19-15(17)13(16(18)20-2)10-12-8-6-7-9-14(12)21-11-22(3,4)5/h6-10H,11H2,1-5H3. The molecule has 0 aliphatic rings. The maximum atomic E-state index is 11.7. The molecule has 1 aromatic rings. The molecule has 1 aromatic carbocycles. The van der Waals surface area contributed by atoms with E-state index >= 15 is 0 Å². The minimum atomic E-state index is -1.39. The first-order chi connectivity index (χ1) is 10.3. The Kier molecular flexibility index (Phi) is 6.36. The minimum Gasteiger partial charge on any atom is -0.497 e. The number of rotatable bonds is 6. The largest absolute Gasteiger partial charge is 0.497 e. The first-order valence-corrected chi connectivity index (χ1v) is 10.6. The summed E-state index contributed by atoms with van der Waals surface area (Å²) < 4.78 is 15.1. The summed E-state index contributed by atoms with van der Waals surface area (Å²) in [7, 11) is 1.04. The summed E-state index contributed by atoms with van der Waals surface area (Å²) in [5.41, 5.74) is 0.459. The Morgan fingerprint density at radius 3 is 2.09 bits per heavy atom. The fourth-order valence-electron chi connectivity index (χ4n) is 1.60. The van der Waals surface area contributed by atoms with Crippen LogP contribution < -0.4 is 4.74 Å². The number of benzene rings is 1. The van der Waals surface area contributed by atoms with Gasteiger partial charge in [0.05, 0.1) is 28.5 Å². The van der Waals surface area contributed by atoms with E-state index in [1.165, 1.54) is 20.3 Å². The molecule has 0 aliphatic carbocycles. The van der Waals surface area contributed by atoms with Crippen molar-refractivity contribution in [3.8, 4) is 5.75 Å². The van der Waals surface area contributed by atoms with Crippen molar-refractivity contribution < 1.29 is 23.8 Å². The van der Waals surface area contributed by atoms with Gasteiger partial charge >= 0.3 is 11.9 Å². The van der Waals surface area contributed by atoms with Crippen molar-refractivity contribution in [2.45, 2.75) is 19.6 Å². The molecule has 0 radical (unpaired) electrons. The van der Waals surface area contributed by atoms with Crippen molar-refractivity contribution in [1.82, 2.24) is 0 Å². The van der Waals surface area contributed by atoms with Crippen LogP contribution in [0.3, 0.4) is 0 Å². The molecule has 0 unspecified atom stereocenters. The van der Waals surface area contributed by atoms with Crippen molar-refractivity contribution >= 4 is 26.1 Å². The number of carbonyl (C=O) groups is 2. The number of hydrogen-bond acceptors (Lipinski definition) is 5. The van der Waals surface area contributed by atoms with Crippen LogP contribution in [0.5, 0.6) is 5.75 Å². The van der Waals surface area contributed by atoms with Gasteiger partial charge in [0.25, 0.3) is 0 Å². The predicted octanol–water partition coefficient (Wildman–Crippen LogP) is 2.67. The Balaban J connectivity index is 3.16. The highest BCUT2D eigenvalue weighted by molar-refractivity contribution is 6.76. The third-order valence-corrected chi connectivity index (χ3v) is 3.70. The summed E-state index contributed by atoms with van der Waals surface area (Å²) in [5.74, 6) is -0.867. The van der Waals surface area contributed by atoms with Gasteiger partial charge in [-0.15, -0.1) is 0 Å². The van der Waals surface area contributed by atoms with E-state index < -0.39 is 20.0 Å². The third-order valence-electron chi connectivity index (χ3n) is 2.69.